The third kappa shape index (κ3) is 7.89. The SMILES string of the molecule is CCS(=O)C1CCCC(NC(=NC)NCC2(CN3CCOCC3)CCCCC2)C1.I. The zero-order valence-corrected chi connectivity index (χ0v) is 22.1. The molecular formula is C22H43IN4O2S. The molecule has 0 aromatic carbocycles. The van der Waals surface area contributed by atoms with Crippen molar-refractivity contribution in [1.29, 1.82) is 0 Å². The highest BCUT2D eigenvalue weighted by molar-refractivity contribution is 14.0. The molecular weight excluding hydrogens is 511 g/mol. The molecule has 3 rings (SSSR count). The van der Waals surface area contributed by atoms with Crippen molar-refractivity contribution in [1.82, 2.24) is 15.5 Å². The van der Waals surface area contributed by atoms with Gasteiger partial charge < -0.3 is 15.4 Å². The molecule has 1 heterocycles. The largest absolute Gasteiger partial charge is 0.379 e. The molecule has 3 fully saturated rings. The van der Waals surface area contributed by atoms with E-state index in [2.05, 4.69) is 20.5 Å². The van der Waals surface area contributed by atoms with Gasteiger partial charge in [0, 0.05) is 66.5 Å². The first-order chi connectivity index (χ1) is 14.1. The number of halogens is 1. The van der Waals surface area contributed by atoms with Crippen LogP contribution in [0.3, 0.4) is 0 Å². The van der Waals surface area contributed by atoms with Gasteiger partial charge in [0.15, 0.2) is 5.96 Å². The normalized spacial score (nSPS) is 28.9. The Bertz CT molecular complexity index is 551. The number of aliphatic imine (C=N–C) groups is 1. The monoisotopic (exact) mass is 554 g/mol. The first-order valence-corrected chi connectivity index (χ1v) is 13.2. The van der Waals surface area contributed by atoms with Crippen LogP contribution in [-0.4, -0.2) is 78.6 Å². The molecule has 0 aromatic rings. The predicted molar refractivity (Wildman–Crippen MR) is 137 cm³/mol. The summed E-state index contributed by atoms with van der Waals surface area (Å²) < 4.78 is 17.8. The Hall–Kier alpha value is 0.0700. The van der Waals surface area contributed by atoms with Crippen LogP contribution in [0.4, 0.5) is 0 Å². The maximum absolute atomic E-state index is 12.3. The summed E-state index contributed by atoms with van der Waals surface area (Å²) in [4.78, 5) is 7.12. The zero-order chi connectivity index (χ0) is 20.5. The van der Waals surface area contributed by atoms with Gasteiger partial charge in [0.1, 0.15) is 0 Å². The van der Waals surface area contributed by atoms with Crippen LogP contribution in [0.15, 0.2) is 4.99 Å². The number of morpholine rings is 1. The van der Waals surface area contributed by atoms with Crippen molar-refractivity contribution in [2.45, 2.75) is 76.0 Å². The van der Waals surface area contributed by atoms with Gasteiger partial charge in [0.25, 0.3) is 0 Å². The van der Waals surface area contributed by atoms with E-state index in [4.69, 9.17) is 4.74 Å². The van der Waals surface area contributed by atoms with Crippen molar-refractivity contribution in [3.63, 3.8) is 0 Å². The Labute approximate surface area is 203 Å². The molecule has 1 saturated heterocycles. The van der Waals surface area contributed by atoms with E-state index in [1.807, 2.05) is 14.0 Å². The molecule has 3 unspecified atom stereocenters. The Morgan fingerprint density at radius 3 is 2.57 bits per heavy atom. The van der Waals surface area contributed by atoms with E-state index in [0.717, 1.165) is 70.2 Å². The van der Waals surface area contributed by atoms with Gasteiger partial charge in [-0.15, -0.1) is 24.0 Å². The summed E-state index contributed by atoms with van der Waals surface area (Å²) in [6, 6.07) is 0.386. The predicted octanol–water partition coefficient (Wildman–Crippen LogP) is 3.13. The summed E-state index contributed by atoms with van der Waals surface area (Å²) in [5, 5.41) is 7.67. The molecule has 3 atom stereocenters. The molecule has 1 aliphatic heterocycles. The van der Waals surface area contributed by atoms with Crippen LogP contribution >= 0.6 is 24.0 Å². The molecule has 3 aliphatic rings. The number of guanidine groups is 1. The first kappa shape index (κ1) is 26.3. The fourth-order valence-electron chi connectivity index (χ4n) is 5.34. The van der Waals surface area contributed by atoms with Crippen molar-refractivity contribution in [3.05, 3.63) is 0 Å². The number of rotatable bonds is 7. The van der Waals surface area contributed by atoms with Crippen LogP contribution in [-0.2, 0) is 15.5 Å². The quantitative estimate of drug-likeness (QED) is 0.288. The van der Waals surface area contributed by atoms with Crippen LogP contribution in [0, 0.1) is 5.41 Å². The molecule has 0 aromatic heterocycles. The molecule has 0 spiro atoms. The lowest BCUT2D eigenvalue weighted by Gasteiger charge is -2.42. The average Bonchev–Trinajstić information content (AvgIpc) is 2.77. The summed E-state index contributed by atoms with van der Waals surface area (Å²) in [6.45, 7) is 8.05. The van der Waals surface area contributed by atoms with E-state index >= 15 is 0 Å². The number of ether oxygens (including phenoxy) is 1. The Balaban J connectivity index is 0.00000320. The molecule has 6 nitrogen and oxygen atoms in total. The van der Waals surface area contributed by atoms with Crippen molar-refractivity contribution in [2.75, 3.05) is 52.2 Å². The minimum atomic E-state index is -0.686. The third-order valence-electron chi connectivity index (χ3n) is 7.05. The van der Waals surface area contributed by atoms with Crippen LogP contribution in [0.1, 0.15) is 64.7 Å². The summed E-state index contributed by atoms with van der Waals surface area (Å²) in [5.74, 6) is 1.69. The summed E-state index contributed by atoms with van der Waals surface area (Å²) in [6.07, 6.45) is 11.1. The standard InChI is InChI=1S/C22H42N4O2S.HI/c1-3-29(27)20-9-7-8-19(16-20)25-21(23-2)24-17-22(10-5-4-6-11-22)18-26-12-14-28-15-13-26;/h19-20H,3-18H2,1-2H3,(H2,23,24,25);1H. The van der Waals surface area contributed by atoms with Gasteiger partial charge >= 0.3 is 0 Å². The Morgan fingerprint density at radius 2 is 1.90 bits per heavy atom. The number of nitrogens with zero attached hydrogens (tertiary/aromatic N) is 2. The minimum absolute atomic E-state index is 0. The number of nitrogens with one attached hydrogen (secondary N) is 2. The zero-order valence-electron chi connectivity index (χ0n) is 19.0. The number of hydrogen-bond donors (Lipinski definition) is 2. The number of hydrogen-bond acceptors (Lipinski definition) is 4. The molecule has 2 saturated carbocycles. The molecule has 176 valence electrons. The highest BCUT2D eigenvalue weighted by atomic mass is 127. The fraction of sp³-hybridized carbons (Fsp3) is 0.955. The van der Waals surface area contributed by atoms with E-state index in [-0.39, 0.29) is 24.0 Å². The lowest BCUT2D eigenvalue weighted by Crippen LogP contribution is -2.53. The van der Waals surface area contributed by atoms with Crippen molar-refractivity contribution >= 4 is 40.7 Å². The van der Waals surface area contributed by atoms with Crippen LogP contribution in [0.5, 0.6) is 0 Å². The maximum Gasteiger partial charge on any atom is 0.191 e. The van der Waals surface area contributed by atoms with Gasteiger partial charge in [0.2, 0.25) is 0 Å². The van der Waals surface area contributed by atoms with Crippen LogP contribution < -0.4 is 10.6 Å². The van der Waals surface area contributed by atoms with E-state index in [1.54, 1.807) is 0 Å². The second kappa shape index (κ2) is 13.6. The fourth-order valence-corrected chi connectivity index (χ4v) is 6.68. The molecule has 0 bridgehead atoms. The molecule has 0 amide bonds. The molecule has 8 heteroatoms. The lowest BCUT2D eigenvalue weighted by molar-refractivity contribution is 0.00819. The second-order valence-corrected chi connectivity index (χ2v) is 11.2. The smallest absolute Gasteiger partial charge is 0.191 e. The summed E-state index contributed by atoms with van der Waals surface area (Å²) >= 11 is 0. The maximum atomic E-state index is 12.3. The average molecular weight is 555 g/mol. The summed E-state index contributed by atoms with van der Waals surface area (Å²) in [5.41, 5.74) is 0.339. The van der Waals surface area contributed by atoms with Gasteiger partial charge in [-0.3, -0.25) is 14.1 Å². The minimum Gasteiger partial charge on any atom is -0.379 e. The Kier molecular flexibility index (Phi) is 11.9. The van der Waals surface area contributed by atoms with Crippen molar-refractivity contribution in [3.8, 4) is 0 Å². The highest BCUT2D eigenvalue weighted by Crippen LogP contribution is 2.36. The lowest BCUT2D eigenvalue weighted by atomic mass is 9.73. The Morgan fingerprint density at radius 1 is 1.17 bits per heavy atom. The molecule has 0 radical (unpaired) electrons. The van der Waals surface area contributed by atoms with Crippen LogP contribution in [0.2, 0.25) is 0 Å². The van der Waals surface area contributed by atoms with Gasteiger partial charge in [-0.25, -0.2) is 0 Å². The van der Waals surface area contributed by atoms with Crippen molar-refractivity contribution < 1.29 is 8.95 Å². The topological polar surface area (TPSA) is 66.0 Å². The van der Waals surface area contributed by atoms with Gasteiger partial charge in [-0.05, 0) is 32.1 Å². The summed E-state index contributed by atoms with van der Waals surface area (Å²) in [7, 11) is 1.18. The molecule has 2 N–H and O–H groups in total. The molecule has 30 heavy (non-hydrogen) atoms. The van der Waals surface area contributed by atoms with Gasteiger partial charge in [-0.1, -0.05) is 32.6 Å². The first-order valence-electron chi connectivity index (χ1n) is 11.8. The third-order valence-corrected chi connectivity index (χ3v) is 8.80. The van der Waals surface area contributed by atoms with E-state index in [1.165, 1.54) is 38.6 Å². The van der Waals surface area contributed by atoms with Gasteiger partial charge in [0.05, 0.1) is 13.2 Å². The second-order valence-electron chi connectivity index (χ2n) is 9.17. The van der Waals surface area contributed by atoms with Gasteiger partial charge in [-0.2, -0.15) is 0 Å². The highest BCUT2D eigenvalue weighted by Gasteiger charge is 2.35. The molecule has 2 aliphatic carbocycles. The van der Waals surface area contributed by atoms with E-state index in [9.17, 15) is 4.21 Å². The van der Waals surface area contributed by atoms with E-state index < -0.39 is 10.8 Å². The van der Waals surface area contributed by atoms with Crippen LogP contribution in [0.25, 0.3) is 0 Å². The van der Waals surface area contributed by atoms with Crippen molar-refractivity contribution in [2.24, 2.45) is 10.4 Å². The van der Waals surface area contributed by atoms with E-state index in [0.29, 0.717) is 16.7 Å².